The zero-order valence-corrected chi connectivity index (χ0v) is 16.3. The van der Waals surface area contributed by atoms with Crippen molar-refractivity contribution in [3.05, 3.63) is 47.7 Å². The number of nitrogens with zero attached hydrogens (tertiary/aromatic N) is 5. The van der Waals surface area contributed by atoms with Crippen LogP contribution in [0.5, 0.6) is 0 Å². The standard InChI is InChI=1S/C21H26N6O/c1-25-10-8-19-23-24-21(27(19)12-11-25)18-7-4-9-26(18)20(28)13-15-14-22-17-6-3-2-5-16(15)17/h2-3,5-6,14,18,22H,4,7-13H2,1H3. The Bertz CT molecular complexity index is 1010. The number of carbonyl (C=O) groups is 1. The third-order valence-electron chi connectivity index (χ3n) is 6.17. The van der Waals surface area contributed by atoms with Crippen molar-refractivity contribution in [1.29, 1.82) is 0 Å². The summed E-state index contributed by atoms with van der Waals surface area (Å²) in [6.07, 6.45) is 5.29. The number of benzene rings is 1. The minimum absolute atomic E-state index is 0.0439. The van der Waals surface area contributed by atoms with Gasteiger partial charge >= 0.3 is 0 Å². The molecule has 0 aliphatic carbocycles. The van der Waals surface area contributed by atoms with Crippen molar-refractivity contribution in [1.82, 2.24) is 29.5 Å². The molecule has 1 aromatic carbocycles. The van der Waals surface area contributed by atoms with Crippen LogP contribution in [0.15, 0.2) is 30.5 Å². The number of likely N-dealkylation sites (N-methyl/N-ethyl adjacent to an activating group) is 1. The summed E-state index contributed by atoms with van der Waals surface area (Å²) in [7, 11) is 2.14. The molecule has 1 amide bonds. The van der Waals surface area contributed by atoms with Gasteiger partial charge in [0.05, 0.1) is 12.5 Å². The number of para-hydroxylation sites is 1. The smallest absolute Gasteiger partial charge is 0.227 e. The first-order valence-corrected chi connectivity index (χ1v) is 10.2. The topological polar surface area (TPSA) is 70.1 Å². The highest BCUT2D eigenvalue weighted by Gasteiger charge is 2.34. The van der Waals surface area contributed by atoms with Crippen molar-refractivity contribution >= 4 is 16.8 Å². The molecule has 5 rings (SSSR count). The van der Waals surface area contributed by atoms with Crippen LogP contribution in [0.25, 0.3) is 10.9 Å². The Morgan fingerprint density at radius 1 is 1.18 bits per heavy atom. The number of aromatic amines is 1. The summed E-state index contributed by atoms with van der Waals surface area (Å²) >= 11 is 0. The highest BCUT2D eigenvalue weighted by molar-refractivity contribution is 5.89. The average Bonchev–Trinajstić information content (AvgIpc) is 3.40. The molecule has 0 saturated carbocycles. The van der Waals surface area contributed by atoms with Gasteiger partial charge in [0, 0.05) is 49.7 Å². The molecule has 2 aromatic heterocycles. The molecule has 3 aromatic rings. The molecule has 1 saturated heterocycles. The van der Waals surface area contributed by atoms with E-state index in [2.05, 4.69) is 37.8 Å². The van der Waals surface area contributed by atoms with Gasteiger partial charge in [-0.3, -0.25) is 4.79 Å². The number of nitrogens with one attached hydrogen (secondary N) is 1. The number of H-pyrrole nitrogens is 1. The van der Waals surface area contributed by atoms with Crippen LogP contribution in [0.4, 0.5) is 0 Å². The molecule has 2 aliphatic rings. The van der Waals surface area contributed by atoms with E-state index in [1.165, 1.54) is 0 Å². The zero-order chi connectivity index (χ0) is 19.1. The van der Waals surface area contributed by atoms with Crippen LogP contribution in [0, 0.1) is 0 Å². The summed E-state index contributed by atoms with van der Waals surface area (Å²) in [4.78, 5) is 20.8. The van der Waals surface area contributed by atoms with Gasteiger partial charge in [-0.1, -0.05) is 18.2 Å². The lowest BCUT2D eigenvalue weighted by atomic mass is 10.1. The van der Waals surface area contributed by atoms with Crippen molar-refractivity contribution in [2.45, 2.75) is 38.3 Å². The maximum absolute atomic E-state index is 13.2. The zero-order valence-electron chi connectivity index (χ0n) is 16.3. The monoisotopic (exact) mass is 378 g/mol. The van der Waals surface area contributed by atoms with Crippen molar-refractivity contribution in [3.8, 4) is 0 Å². The normalized spacial score (nSPS) is 20.5. The molecule has 0 bridgehead atoms. The minimum Gasteiger partial charge on any atom is -0.361 e. The van der Waals surface area contributed by atoms with E-state index in [1.807, 2.05) is 29.3 Å². The first-order chi connectivity index (χ1) is 13.7. The SMILES string of the molecule is CN1CCc2nnc(C3CCCN3C(=O)Cc3c[nH]c4ccccc34)n2CC1. The molecule has 146 valence electrons. The summed E-state index contributed by atoms with van der Waals surface area (Å²) in [6.45, 7) is 3.70. The quantitative estimate of drug-likeness (QED) is 0.758. The number of likely N-dealkylation sites (tertiary alicyclic amines) is 1. The summed E-state index contributed by atoms with van der Waals surface area (Å²) in [5.41, 5.74) is 2.14. The van der Waals surface area contributed by atoms with Gasteiger partial charge in [0.25, 0.3) is 0 Å². The molecule has 0 radical (unpaired) electrons. The molecule has 1 fully saturated rings. The second kappa shape index (κ2) is 7.05. The van der Waals surface area contributed by atoms with E-state index in [0.29, 0.717) is 6.42 Å². The third-order valence-corrected chi connectivity index (χ3v) is 6.17. The number of amides is 1. The summed E-state index contributed by atoms with van der Waals surface area (Å²) in [6, 6.07) is 8.19. The number of fused-ring (bicyclic) bond motifs is 2. The molecule has 1 N–H and O–H groups in total. The highest BCUT2D eigenvalue weighted by atomic mass is 16.2. The Kier molecular flexibility index (Phi) is 4.39. The van der Waals surface area contributed by atoms with Gasteiger partial charge < -0.3 is 19.4 Å². The Labute approximate surface area is 164 Å². The van der Waals surface area contributed by atoms with Gasteiger partial charge in [0.1, 0.15) is 5.82 Å². The molecule has 1 unspecified atom stereocenters. The maximum Gasteiger partial charge on any atom is 0.227 e. The van der Waals surface area contributed by atoms with Crippen LogP contribution < -0.4 is 0 Å². The first kappa shape index (κ1) is 17.4. The summed E-state index contributed by atoms with van der Waals surface area (Å²) in [5, 5.41) is 10.1. The Hall–Kier alpha value is -2.67. The Balaban J connectivity index is 1.39. The second-order valence-corrected chi connectivity index (χ2v) is 7.96. The van der Waals surface area contributed by atoms with Gasteiger partial charge in [-0.05, 0) is 31.5 Å². The largest absolute Gasteiger partial charge is 0.361 e. The van der Waals surface area contributed by atoms with E-state index in [-0.39, 0.29) is 11.9 Å². The molecule has 1 atom stereocenters. The number of hydrogen-bond acceptors (Lipinski definition) is 4. The average molecular weight is 378 g/mol. The lowest BCUT2D eigenvalue weighted by molar-refractivity contribution is -0.131. The number of hydrogen-bond donors (Lipinski definition) is 1. The van der Waals surface area contributed by atoms with Gasteiger partial charge in [-0.15, -0.1) is 10.2 Å². The predicted molar refractivity (Wildman–Crippen MR) is 107 cm³/mol. The van der Waals surface area contributed by atoms with E-state index < -0.39 is 0 Å². The van der Waals surface area contributed by atoms with Crippen LogP contribution in [-0.4, -0.2) is 62.1 Å². The Morgan fingerprint density at radius 3 is 3.00 bits per heavy atom. The van der Waals surface area contributed by atoms with E-state index in [1.54, 1.807) is 0 Å². The molecule has 0 spiro atoms. The number of rotatable bonds is 3. The van der Waals surface area contributed by atoms with E-state index in [9.17, 15) is 4.79 Å². The van der Waals surface area contributed by atoms with Crippen molar-refractivity contribution in [2.75, 3.05) is 26.7 Å². The molecular formula is C21H26N6O. The summed E-state index contributed by atoms with van der Waals surface area (Å²) in [5.74, 6) is 2.20. The first-order valence-electron chi connectivity index (χ1n) is 10.2. The fourth-order valence-electron chi connectivity index (χ4n) is 4.57. The Morgan fingerprint density at radius 2 is 2.07 bits per heavy atom. The molecular weight excluding hydrogens is 352 g/mol. The number of carbonyl (C=O) groups excluding carboxylic acids is 1. The molecule has 2 aliphatic heterocycles. The minimum atomic E-state index is 0.0439. The van der Waals surface area contributed by atoms with Crippen LogP contribution >= 0.6 is 0 Å². The fraction of sp³-hybridized carbons (Fsp3) is 0.476. The van der Waals surface area contributed by atoms with Gasteiger partial charge in [0.15, 0.2) is 5.82 Å². The van der Waals surface area contributed by atoms with Crippen LogP contribution in [-0.2, 0) is 24.2 Å². The van der Waals surface area contributed by atoms with Crippen molar-refractivity contribution in [3.63, 3.8) is 0 Å². The molecule has 4 heterocycles. The lowest BCUT2D eigenvalue weighted by Gasteiger charge is -2.25. The van der Waals surface area contributed by atoms with Gasteiger partial charge in [-0.25, -0.2) is 0 Å². The van der Waals surface area contributed by atoms with Crippen molar-refractivity contribution in [2.24, 2.45) is 0 Å². The molecule has 7 nitrogen and oxygen atoms in total. The van der Waals surface area contributed by atoms with Crippen LogP contribution in [0.1, 0.15) is 36.1 Å². The fourth-order valence-corrected chi connectivity index (χ4v) is 4.57. The van der Waals surface area contributed by atoms with Crippen molar-refractivity contribution < 1.29 is 4.79 Å². The third kappa shape index (κ3) is 2.99. The van der Waals surface area contributed by atoms with Gasteiger partial charge in [0.2, 0.25) is 5.91 Å². The predicted octanol–water partition coefficient (Wildman–Crippen LogP) is 2.15. The summed E-state index contributed by atoms with van der Waals surface area (Å²) < 4.78 is 2.26. The maximum atomic E-state index is 13.2. The lowest BCUT2D eigenvalue weighted by Crippen LogP contribution is -2.33. The molecule has 7 heteroatoms. The van der Waals surface area contributed by atoms with Crippen LogP contribution in [0.2, 0.25) is 0 Å². The highest BCUT2D eigenvalue weighted by Crippen LogP contribution is 2.32. The number of aromatic nitrogens is 4. The van der Waals surface area contributed by atoms with E-state index in [0.717, 1.165) is 73.6 Å². The van der Waals surface area contributed by atoms with E-state index in [4.69, 9.17) is 0 Å². The van der Waals surface area contributed by atoms with Crippen LogP contribution in [0.3, 0.4) is 0 Å². The molecule has 28 heavy (non-hydrogen) atoms. The second-order valence-electron chi connectivity index (χ2n) is 7.96. The van der Waals surface area contributed by atoms with Gasteiger partial charge in [-0.2, -0.15) is 0 Å². The van der Waals surface area contributed by atoms with E-state index >= 15 is 0 Å².